The molecule has 0 saturated carbocycles. The van der Waals surface area contributed by atoms with E-state index in [1.807, 2.05) is 36.6 Å². The monoisotopic (exact) mass is 500 g/mol. The molecule has 2 aliphatic rings. The van der Waals surface area contributed by atoms with Gasteiger partial charge in [-0.1, -0.05) is 46.9 Å². The second-order valence-electron chi connectivity index (χ2n) is 7.83. The third-order valence-electron chi connectivity index (χ3n) is 5.78. The summed E-state index contributed by atoms with van der Waals surface area (Å²) in [5.74, 6) is -2.11. The van der Waals surface area contributed by atoms with Crippen molar-refractivity contribution in [1.29, 1.82) is 0 Å². The van der Waals surface area contributed by atoms with E-state index in [0.717, 1.165) is 26.7 Å². The lowest BCUT2D eigenvalue weighted by molar-refractivity contribution is -0.144. The van der Waals surface area contributed by atoms with E-state index in [-0.39, 0.29) is 29.8 Å². The zero-order valence-corrected chi connectivity index (χ0v) is 20.3. The molecule has 2 amide bonds. The Hall–Kier alpha value is -2.69. The molecule has 0 aliphatic carbocycles. The second kappa shape index (κ2) is 8.58. The van der Waals surface area contributed by atoms with Crippen molar-refractivity contribution >= 4 is 57.9 Å². The Bertz CT molecular complexity index is 1290. The Morgan fingerprint density at radius 2 is 1.85 bits per heavy atom. The summed E-state index contributed by atoms with van der Waals surface area (Å²) in [4.78, 5) is 54.8. The molecule has 0 radical (unpaired) electrons. The summed E-state index contributed by atoms with van der Waals surface area (Å²) in [6.07, 6.45) is 0. The van der Waals surface area contributed by atoms with E-state index in [9.17, 15) is 19.2 Å². The van der Waals surface area contributed by atoms with Crippen LogP contribution in [0.25, 0.3) is 0 Å². The van der Waals surface area contributed by atoms with Crippen LogP contribution in [0.1, 0.15) is 28.2 Å². The molecule has 0 N–H and O–H groups in total. The van der Waals surface area contributed by atoms with E-state index in [0.29, 0.717) is 10.7 Å². The fourth-order valence-electron chi connectivity index (χ4n) is 4.31. The topological polar surface area (TPSA) is 85.7 Å². The predicted octanol–water partition coefficient (Wildman–Crippen LogP) is 3.64. The van der Waals surface area contributed by atoms with Crippen molar-refractivity contribution < 1.29 is 19.1 Å². The highest BCUT2D eigenvalue weighted by molar-refractivity contribution is 8.00. The molecule has 3 unspecified atom stereocenters. The highest BCUT2D eigenvalue weighted by atomic mass is 32.2. The summed E-state index contributed by atoms with van der Waals surface area (Å²) in [5.41, 5.74) is 1.58. The molecule has 170 valence electrons. The minimum Gasteiger partial charge on any atom is -0.465 e. The van der Waals surface area contributed by atoms with Crippen LogP contribution in [0.4, 0.5) is 5.69 Å². The van der Waals surface area contributed by atoms with Gasteiger partial charge < -0.3 is 4.74 Å². The Morgan fingerprint density at radius 1 is 1.09 bits per heavy atom. The van der Waals surface area contributed by atoms with Gasteiger partial charge in [0.05, 0.1) is 23.2 Å². The van der Waals surface area contributed by atoms with Crippen LogP contribution in [-0.4, -0.2) is 34.2 Å². The van der Waals surface area contributed by atoms with Gasteiger partial charge in [0.25, 0.3) is 0 Å². The maximum absolute atomic E-state index is 13.6. The number of fused-ring (bicyclic) bond motifs is 2. The summed E-state index contributed by atoms with van der Waals surface area (Å²) in [6.45, 7) is 3.65. The molecule has 0 bridgehead atoms. The SMILES string of the molecule is CCOC(=O)Cn1c2c(sc1=O)C(c1cccs1)C1C(=O)N(c3ccc(C)cc3)C(=O)C1S2. The first-order valence-corrected chi connectivity index (χ1v) is 13.0. The Kier molecular flexibility index (Phi) is 5.75. The highest BCUT2D eigenvalue weighted by Crippen LogP contribution is 2.54. The molecule has 5 rings (SSSR count). The first-order chi connectivity index (χ1) is 15.9. The van der Waals surface area contributed by atoms with Gasteiger partial charge in [-0.05, 0) is 37.4 Å². The summed E-state index contributed by atoms with van der Waals surface area (Å²) in [6, 6.07) is 11.1. The zero-order valence-electron chi connectivity index (χ0n) is 17.8. The molecule has 10 heteroatoms. The minimum atomic E-state index is -0.680. The van der Waals surface area contributed by atoms with Crippen LogP contribution < -0.4 is 9.77 Å². The first-order valence-electron chi connectivity index (χ1n) is 10.4. The molecule has 3 atom stereocenters. The third-order valence-corrected chi connectivity index (χ3v) is 9.34. The number of thiazole rings is 1. The maximum atomic E-state index is 13.6. The van der Waals surface area contributed by atoms with Crippen molar-refractivity contribution in [2.24, 2.45) is 5.92 Å². The van der Waals surface area contributed by atoms with E-state index in [1.54, 1.807) is 19.1 Å². The standard InChI is InChI=1S/C23H20N2O5S3/c1-3-30-15(26)11-24-22-19(33-23(24)29)16(14-5-4-10-31-14)17-18(32-22)21(28)25(20(17)27)13-8-6-12(2)7-9-13/h4-10,16-18H,3,11H2,1-2H3. The molecule has 33 heavy (non-hydrogen) atoms. The van der Waals surface area contributed by atoms with Crippen molar-refractivity contribution in [2.75, 3.05) is 11.5 Å². The van der Waals surface area contributed by atoms with Crippen LogP contribution in [-0.2, 0) is 25.7 Å². The first kappa shape index (κ1) is 22.1. The van der Waals surface area contributed by atoms with E-state index >= 15 is 0 Å². The molecule has 1 saturated heterocycles. The van der Waals surface area contributed by atoms with Gasteiger partial charge in [0.15, 0.2) is 0 Å². The van der Waals surface area contributed by atoms with Gasteiger partial charge in [0, 0.05) is 15.7 Å². The molecule has 1 aromatic carbocycles. The van der Waals surface area contributed by atoms with E-state index in [4.69, 9.17) is 4.74 Å². The van der Waals surface area contributed by atoms with Crippen LogP contribution in [0.2, 0.25) is 0 Å². The number of thioether (sulfide) groups is 1. The van der Waals surface area contributed by atoms with Gasteiger partial charge in [-0.25, -0.2) is 4.90 Å². The van der Waals surface area contributed by atoms with Gasteiger partial charge >= 0.3 is 10.8 Å². The van der Waals surface area contributed by atoms with E-state index < -0.39 is 23.1 Å². The maximum Gasteiger partial charge on any atom is 0.326 e. The number of ether oxygens (including phenoxy) is 1. The normalized spacial score (nSPS) is 21.8. The number of hydrogen-bond acceptors (Lipinski definition) is 8. The summed E-state index contributed by atoms with van der Waals surface area (Å²) >= 11 is 3.74. The number of aromatic nitrogens is 1. The van der Waals surface area contributed by atoms with Crippen molar-refractivity contribution in [2.45, 2.75) is 36.6 Å². The molecule has 7 nitrogen and oxygen atoms in total. The number of thiophene rings is 1. The minimum absolute atomic E-state index is 0.216. The van der Waals surface area contributed by atoms with Crippen LogP contribution >= 0.6 is 34.4 Å². The number of benzene rings is 1. The summed E-state index contributed by atoms with van der Waals surface area (Å²) in [5, 5.41) is 1.81. The van der Waals surface area contributed by atoms with Gasteiger partial charge in [-0.3, -0.25) is 23.7 Å². The van der Waals surface area contributed by atoms with E-state index in [1.165, 1.54) is 32.6 Å². The van der Waals surface area contributed by atoms with Gasteiger partial charge in [-0.2, -0.15) is 0 Å². The van der Waals surface area contributed by atoms with Crippen molar-refractivity contribution in [1.82, 2.24) is 4.57 Å². The van der Waals surface area contributed by atoms with Crippen LogP contribution in [0, 0.1) is 12.8 Å². The number of carbonyl (C=O) groups excluding carboxylic acids is 3. The van der Waals surface area contributed by atoms with E-state index in [2.05, 4.69) is 0 Å². The molecular weight excluding hydrogens is 480 g/mol. The average Bonchev–Trinajstić information content (AvgIpc) is 3.48. The Balaban J connectivity index is 1.61. The molecule has 3 aromatic rings. The van der Waals surface area contributed by atoms with Crippen LogP contribution in [0.5, 0.6) is 0 Å². The zero-order chi connectivity index (χ0) is 23.3. The van der Waals surface area contributed by atoms with Crippen molar-refractivity contribution in [3.8, 4) is 0 Å². The second-order valence-corrected chi connectivity index (χ2v) is 10.9. The lowest BCUT2D eigenvalue weighted by Gasteiger charge is -2.29. The number of imide groups is 1. The van der Waals surface area contributed by atoms with Crippen molar-refractivity contribution in [3.05, 3.63) is 66.8 Å². The number of rotatable bonds is 5. The smallest absolute Gasteiger partial charge is 0.326 e. The molecule has 2 aromatic heterocycles. The fourth-order valence-corrected chi connectivity index (χ4v) is 8.04. The number of esters is 1. The highest BCUT2D eigenvalue weighted by Gasteiger charge is 2.57. The Labute approximate surface area is 202 Å². The number of hydrogen-bond donors (Lipinski definition) is 0. The fraction of sp³-hybridized carbons (Fsp3) is 0.304. The van der Waals surface area contributed by atoms with Gasteiger partial charge in [0.2, 0.25) is 11.8 Å². The average molecular weight is 501 g/mol. The quantitative estimate of drug-likeness (QED) is 0.393. The summed E-state index contributed by atoms with van der Waals surface area (Å²) < 4.78 is 6.42. The largest absolute Gasteiger partial charge is 0.465 e. The summed E-state index contributed by atoms with van der Waals surface area (Å²) in [7, 11) is 0. The molecule has 0 spiro atoms. The lowest BCUT2D eigenvalue weighted by Crippen LogP contribution is -2.32. The van der Waals surface area contributed by atoms with Gasteiger partial charge in [0.1, 0.15) is 11.8 Å². The van der Waals surface area contributed by atoms with Crippen LogP contribution in [0.15, 0.2) is 51.6 Å². The number of aryl methyl sites for hydroxylation is 1. The predicted molar refractivity (Wildman–Crippen MR) is 128 cm³/mol. The van der Waals surface area contributed by atoms with Gasteiger partial charge in [-0.15, -0.1) is 11.3 Å². The number of anilines is 1. The van der Waals surface area contributed by atoms with Crippen LogP contribution in [0.3, 0.4) is 0 Å². The molecule has 4 heterocycles. The Morgan fingerprint density at radius 3 is 2.52 bits per heavy atom. The molecule has 1 fully saturated rings. The molecular formula is C23H20N2O5S3. The molecule has 2 aliphatic heterocycles. The number of nitrogens with zero attached hydrogens (tertiary/aromatic N) is 2. The number of carbonyl (C=O) groups is 3. The lowest BCUT2D eigenvalue weighted by atomic mass is 9.87. The van der Waals surface area contributed by atoms with Crippen molar-refractivity contribution in [3.63, 3.8) is 0 Å². The number of amides is 2. The third kappa shape index (κ3) is 3.66.